The van der Waals surface area contributed by atoms with E-state index < -0.39 is 0 Å². The van der Waals surface area contributed by atoms with Gasteiger partial charge >= 0.3 is 0 Å². The Balaban J connectivity index is 2.93. The quantitative estimate of drug-likeness (QED) is 0.520. The molecule has 56 valence electrons. The molecule has 0 aliphatic rings. The molecule has 0 saturated heterocycles. The second-order valence-electron chi connectivity index (χ2n) is 2.23. The number of rotatable bonds is 0. The molecule has 0 atom stereocenters. The average Bonchev–Trinajstić information content (AvgIpc) is 2.45. The van der Waals surface area contributed by atoms with E-state index in [0.717, 1.165) is 5.52 Å². The van der Waals surface area contributed by atoms with Crippen LogP contribution in [0.2, 0.25) is 0 Å². The van der Waals surface area contributed by atoms with Crippen molar-refractivity contribution in [3.63, 3.8) is 0 Å². The Morgan fingerprint density at radius 2 is 2.27 bits per heavy atom. The van der Waals surface area contributed by atoms with Crippen LogP contribution in [-0.2, 0) is 0 Å². The van der Waals surface area contributed by atoms with E-state index in [0.29, 0.717) is 10.4 Å². The van der Waals surface area contributed by atoms with Crippen molar-refractivity contribution in [2.45, 2.75) is 4.90 Å². The summed E-state index contributed by atoms with van der Waals surface area (Å²) in [5.41, 5.74) is 1.58. The van der Waals surface area contributed by atoms with Crippen molar-refractivity contribution in [2.24, 2.45) is 0 Å². The molecule has 1 heterocycles. The minimum absolute atomic E-state index is 0.160. The van der Waals surface area contributed by atoms with Crippen molar-refractivity contribution in [2.75, 3.05) is 0 Å². The van der Waals surface area contributed by atoms with Crippen LogP contribution in [0.25, 0.3) is 11.0 Å². The number of hydrogen-bond donors (Lipinski definition) is 3. The van der Waals surface area contributed by atoms with Gasteiger partial charge in [-0.25, -0.2) is 4.98 Å². The third-order valence-corrected chi connectivity index (χ3v) is 1.98. The summed E-state index contributed by atoms with van der Waals surface area (Å²) in [4.78, 5) is 7.42. The van der Waals surface area contributed by atoms with Gasteiger partial charge in [0, 0.05) is 0 Å². The Labute approximate surface area is 68.5 Å². The van der Waals surface area contributed by atoms with E-state index in [2.05, 4.69) is 22.6 Å². The van der Waals surface area contributed by atoms with Gasteiger partial charge in [0.25, 0.3) is 0 Å². The zero-order valence-electron chi connectivity index (χ0n) is 5.57. The number of aromatic amines is 1. The summed E-state index contributed by atoms with van der Waals surface area (Å²) in [7, 11) is 0. The van der Waals surface area contributed by atoms with Gasteiger partial charge in [-0.2, -0.15) is 0 Å². The molecule has 0 radical (unpaired) electrons. The lowest BCUT2D eigenvalue weighted by Crippen LogP contribution is -1.73. The summed E-state index contributed by atoms with van der Waals surface area (Å²) in [5, 5.41) is 9.21. The number of aromatic hydroxyl groups is 1. The van der Waals surface area contributed by atoms with E-state index in [1.165, 1.54) is 0 Å². The molecule has 0 bridgehead atoms. The number of thiol groups is 1. The molecule has 1 aromatic carbocycles. The zero-order valence-corrected chi connectivity index (χ0v) is 6.47. The second-order valence-corrected chi connectivity index (χ2v) is 2.68. The van der Waals surface area contributed by atoms with Gasteiger partial charge in [-0.05, 0) is 12.1 Å². The molecule has 2 aromatic rings. The Morgan fingerprint density at radius 3 is 3.09 bits per heavy atom. The Bertz CT molecular complexity index is 396. The number of benzene rings is 1. The molecule has 0 spiro atoms. The first-order valence-electron chi connectivity index (χ1n) is 3.13. The molecule has 0 unspecified atom stereocenters. The maximum Gasteiger partial charge on any atom is 0.131 e. The molecule has 3 nitrogen and oxygen atoms in total. The first kappa shape index (κ1) is 6.54. The number of nitrogens with one attached hydrogen (secondary N) is 1. The van der Waals surface area contributed by atoms with Crippen LogP contribution in [0.4, 0.5) is 0 Å². The standard InChI is InChI=1S/C7H6N2OS/c10-5-2-1-4-6(7(5)11)9-3-8-4/h1-3,10-11H,(H,8,9). The van der Waals surface area contributed by atoms with Crippen LogP contribution < -0.4 is 0 Å². The third kappa shape index (κ3) is 0.867. The summed E-state index contributed by atoms with van der Waals surface area (Å²) in [6.45, 7) is 0. The number of fused-ring (bicyclic) bond motifs is 1. The number of nitrogens with zero attached hydrogens (tertiary/aromatic N) is 1. The van der Waals surface area contributed by atoms with Gasteiger partial charge in [0.2, 0.25) is 0 Å². The monoisotopic (exact) mass is 166 g/mol. The first-order chi connectivity index (χ1) is 5.29. The molecule has 0 amide bonds. The van der Waals surface area contributed by atoms with E-state index >= 15 is 0 Å². The van der Waals surface area contributed by atoms with Gasteiger partial charge in [-0.15, -0.1) is 12.6 Å². The van der Waals surface area contributed by atoms with Crippen LogP contribution in [0, 0.1) is 0 Å². The van der Waals surface area contributed by atoms with Crippen LogP contribution in [0.15, 0.2) is 23.4 Å². The number of H-pyrrole nitrogens is 1. The molecule has 4 heteroatoms. The fraction of sp³-hybridized carbons (Fsp3) is 0. The molecule has 2 N–H and O–H groups in total. The molecule has 11 heavy (non-hydrogen) atoms. The van der Waals surface area contributed by atoms with Crippen LogP contribution in [0.1, 0.15) is 0 Å². The zero-order chi connectivity index (χ0) is 7.84. The number of aromatic nitrogens is 2. The second kappa shape index (κ2) is 2.17. The molecule has 0 saturated carbocycles. The van der Waals surface area contributed by atoms with Crippen molar-refractivity contribution < 1.29 is 5.11 Å². The van der Waals surface area contributed by atoms with E-state index in [-0.39, 0.29) is 5.75 Å². The molecular weight excluding hydrogens is 160 g/mol. The third-order valence-electron chi connectivity index (χ3n) is 1.54. The normalized spacial score (nSPS) is 10.6. The molecule has 2 rings (SSSR count). The Hall–Kier alpha value is -1.16. The highest BCUT2D eigenvalue weighted by molar-refractivity contribution is 7.80. The number of imidazole rings is 1. The predicted octanol–water partition coefficient (Wildman–Crippen LogP) is 1.56. The number of phenolic OH excluding ortho intramolecular Hbond substituents is 1. The van der Waals surface area contributed by atoms with Crippen LogP contribution in [0.3, 0.4) is 0 Å². The van der Waals surface area contributed by atoms with Gasteiger partial charge in [0.05, 0.1) is 16.7 Å². The average molecular weight is 166 g/mol. The summed E-state index contributed by atoms with van der Waals surface area (Å²) in [5.74, 6) is 0.160. The predicted molar refractivity (Wildman–Crippen MR) is 45.0 cm³/mol. The maximum atomic E-state index is 9.21. The lowest BCUT2D eigenvalue weighted by Gasteiger charge is -1.95. The summed E-state index contributed by atoms with van der Waals surface area (Å²) < 4.78 is 0. The maximum absolute atomic E-state index is 9.21. The lowest BCUT2D eigenvalue weighted by molar-refractivity contribution is 0.464. The highest BCUT2D eigenvalue weighted by Crippen LogP contribution is 2.27. The van der Waals surface area contributed by atoms with Gasteiger partial charge in [-0.3, -0.25) is 0 Å². The van der Waals surface area contributed by atoms with Crippen molar-refractivity contribution in [3.8, 4) is 5.75 Å². The molecule has 0 aliphatic carbocycles. The van der Waals surface area contributed by atoms with Crippen molar-refractivity contribution >= 4 is 23.7 Å². The lowest BCUT2D eigenvalue weighted by atomic mass is 10.3. The highest BCUT2D eigenvalue weighted by atomic mass is 32.1. The van der Waals surface area contributed by atoms with E-state index in [9.17, 15) is 5.11 Å². The smallest absolute Gasteiger partial charge is 0.131 e. The van der Waals surface area contributed by atoms with Gasteiger partial charge in [-0.1, -0.05) is 0 Å². The minimum atomic E-state index is 0.160. The van der Waals surface area contributed by atoms with Crippen LogP contribution >= 0.6 is 12.6 Å². The van der Waals surface area contributed by atoms with E-state index in [1.807, 2.05) is 0 Å². The largest absolute Gasteiger partial charge is 0.507 e. The topological polar surface area (TPSA) is 48.9 Å². The Kier molecular flexibility index (Phi) is 1.29. The van der Waals surface area contributed by atoms with E-state index in [1.54, 1.807) is 18.5 Å². The molecular formula is C7H6N2OS. The minimum Gasteiger partial charge on any atom is -0.507 e. The molecule has 0 aliphatic heterocycles. The number of phenols is 1. The van der Waals surface area contributed by atoms with Crippen LogP contribution in [-0.4, -0.2) is 15.1 Å². The van der Waals surface area contributed by atoms with Gasteiger partial charge in [0.1, 0.15) is 11.3 Å². The summed E-state index contributed by atoms with van der Waals surface area (Å²) in [6, 6.07) is 3.35. The van der Waals surface area contributed by atoms with Crippen molar-refractivity contribution in [1.82, 2.24) is 9.97 Å². The van der Waals surface area contributed by atoms with Crippen LogP contribution in [0.5, 0.6) is 5.75 Å². The van der Waals surface area contributed by atoms with Crippen molar-refractivity contribution in [1.29, 1.82) is 0 Å². The fourth-order valence-electron chi connectivity index (χ4n) is 0.983. The van der Waals surface area contributed by atoms with Gasteiger partial charge in [0.15, 0.2) is 0 Å². The Morgan fingerprint density at radius 1 is 1.45 bits per heavy atom. The SMILES string of the molecule is Oc1ccc2[nH]cnc2c1S. The summed E-state index contributed by atoms with van der Waals surface area (Å²) >= 11 is 4.10. The number of hydrogen-bond acceptors (Lipinski definition) is 3. The highest BCUT2D eigenvalue weighted by Gasteiger charge is 2.03. The van der Waals surface area contributed by atoms with E-state index in [4.69, 9.17) is 0 Å². The van der Waals surface area contributed by atoms with Crippen molar-refractivity contribution in [3.05, 3.63) is 18.5 Å². The molecule has 0 fully saturated rings. The summed E-state index contributed by atoms with van der Waals surface area (Å²) in [6.07, 6.45) is 1.57. The van der Waals surface area contributed by atoms with Gasteiger partial charge < -0.3 is 10.1 Å². The first-order valence-corrected chi connectivity index (χ1v) is 3.58. The fourth-order valence-corrected chi connectivity index (χ4v) is 1.24. The molecule has 1 aromatic heterocycles.